The molecule has 8 bridgehead atoms. The highest BCUT2D eigenvalue weighted by Crippen LogP contribution is 2.53. The maximum absolute atomic E-state index is 12.7. The first-order valence-corrected chi connectivity index (χ1v) is 33.2. The third-order valence-electron chi connectivity index (χ3n) is 9.13. The van der Waals surface area contributed by atoms with Crippen molar-refractivity contribution in [1.82, 2.24) is 0 Å². The van der Waals surface area contributed by atoms with Gasteiger partial charge in [-0.3, -0.25) is 0 Å². The van der Waals surface area contributed by atoms with Crippen molar-refractivity contribution < 1.29 is 63.7 Å². The van der Waals surface area contributed by atoms with Gasteiger partial charge in [0, 0.05) is 48.4 Å². The van der Waals surface area contributed by atoms with E-state index in [0.717, 1.165) is 5.56 Å². The van der Waals surface area contributed by atoms with Crippen LogP contribution in [0.3, 0.4) is 0 Å². The van der Waals surface area contributed by atoms with Crippen molar-refractivity contribution in [2.45, 2.75) is 103 Å². The summed E-state index contributed by atoms with van der Waals surface area (Å²) in [6.07, 6.45) is 2.07. The van der Waals surface area contributed by atoms with E-state index in [0.29, 0.717) is 54.5 Å². The van der Waals surface area contributed by atoms with Gasteiger partial charge in [0.25, 0.3) is 0 Å². The standard InChI is InChI=1S/C27H50O15Si8/c1-9-25-18-20-26(21-19-25)30-24-27(28)29-22-17-23-50-40-47(14-6)34-44(11-3)31-43(10-2)32-45(12-4,36-47)38-49(16-8,42-50)39-46(13-5,33-43)37-48(15-7,35-44)41-50/h9,18-21H,1,10-17,22-24H2,2-8H3. The molecule has 6 aliphatic heterocycles. The fourth-order valence-electron chi connectivity index (χ4n) is 6.37. The highest BCUT2D eigenvalue weighted by molar-refractivity contribution is 7.03. The molecular formula is C27H50O15Si8. The largest absolute Gasteiger partial charge is 0.482 e. The Labute approximate surface area is 303 Å². The van der Waals surface area contributed by atoms with E-state index in [4.69, 9.17) is 58.9 Å². The summed E-state index contributed by atoms with van der Waals surface area (Å²) in [4.78, 5) is 12.7. The minimum Gasteiger partial charge on any atom is -0.482 e. The van der Waals surface area contributed by atoms with Gasteiger partial charge in [0.05, 0.1) is 6.61 Å². The van der Waals surface area contributed by atoms with Gasteiger partial charge >= 0.3 is 76.4 Å². The fourth-order valence-corrected chi connectivity index (χ4v) is 56.0. The highest BCUT2D eigenvalue weighted by atomic mass is 28.6. The second-order valence-electron chi connectivity index (χ2n) is 12.5. The Hall–Kier alpha value is -0.515. The lowest BCUT2D eigenvalue weighted by atomic mass is 10.2. The Kier molecular flexibility index (Phi) is 11.5. The van der Waals surface area contributed by atoms with Crippen LogP contribution in [0.25, 0.3) is 6.08 Å². The summed E-state index contributed by atoms with van der Waals surface area (Å²) >= 11 is 0. The quantitative estimate of drug-likeness (QED) is 0.123. The van der Waals surface area contributed by atoms with Crippen molar-refractivity contribution in [2.75, 3.05) is 13.2 Å². The van der Waals surface area contributed by atoms with Crippen LogP contribution in [0.1, 0.15) is 60.5 Å². The van der Waals surface area contributed by atoms with Crippen molar-refractivity contribution in [1.29, 1.82) is 0 Å². The van der Waals surface area contributed by atoms with E-state index >= 15 is 0 Å². The van der Waals surface area contributed by atoms with Crippen molar-refractivity contribution in [3.8, 4) is 5.75 Å². The van der Waals surface area contributed by atoms with Crippen LogP contribution in [-0.2, 0) is 58.9 Å². The molecular weight excluding hydrogens is 789 g/mol. The van der Waals surface area contributed by atoms with E-state index in [1.165, 1.54) is 0 Å². The number of carbonyl (C=O) groups is 1. The zero-order chi connectivity index (χ0) is 35.9. The summed E-state index contributed by atoms with van der Waals surface area (Å²) in [6, 6.07) is 10.1. The van der Waals surface area contributed by atoms with Crippen LogP contribution in [0.15, 0.2) is 30.8 Å². The summed E-state index contributed by atoms with van der Waals surface area (Å²) < 4.78 is 96.9. The Morgan fingerprint density at radius 3 is 1.18 bits per heavy atom. The number of hydrogen-bond acceptors (Lipinski definition) is 15. The molecule has 7 rings (SSSR count). The number of benzene rings is 1. The molecule has 1 aromatic rings. The molecule has 0 radical (unpaired) electrons. The van der Waals surface area contributed by atoms with E-state index in [-0.39, 0.29) is 19.3 Å². The Balaban J connectivity index is 1.35. The molecule has 0 unspecified atom stereocenters. The number of esters is 1. The molecule has 0 atom stereocenters. The SMILES string of the molecule is C=Cc1ccc(OCC(=O)OCCC[Si]23O[Si]4(CC)O[Si]5(CC)O[Si]6(CC)O[Si](CC)(O4)O[Si](CC)(O[Si](CC)(O6)O[Si](CC)(O5)O2)O3)cc1. The predicted octanol–water partition coefficient (Wildman–Crippen LogP) is 5.56. The molecule has 6 saturated heterocycles. The van der Waals surface area contributed by atoms with Gasteiger partial charge in [0.15, 0.2) is 6.61 Å². The van der Waals surface area contributed by atoms with E-state index < -0.39 is 76.4 Å². The third-order valence-corrected chi connectivity index (χ3v) is 46.0. The van der Waals surface area contributed by atoms with Crippen molar-refractivity contribution in [2.24, 2.45) is 0 Å². The van der Waals surface area contributed by atoms with Crippen LogP contribution in [-0.4, -0.2) is 89.6 Å². The average molecular weight is 839 g/mol. The molecule has 15 nitrogen and oxygen atoms in total. The third kappa shape index (κ3) is 7.43. The maximum atomic E-state index is 12.7. The molecule has 50 heavy (non-hydrogen) atoms. The molecule has 0 N–H and O–H groups in total. The first-order chi connectivity index (χ1) is 23.8. The fraction of sp³-hybridized carbons (Fsp3) is 0.667. The molecule has 0 amide bonds. The molecule has 6 aliphatic rings. The maximum Gasteiger partial charge on any atom is 0.479 e. The van der Waals surface area contributed by atoms with Gasteiger partial charge in [0.1, 0.15) is 5.75 Å². The van der Waals surface area contributed by atoms with Crippen LogP contribution >= 0.6 is 0 Å². The van der Waals surface area contributed by atoms with Crippen molar-refractivity contribution in [3.63, 3.8) is 0 Å². The van der Waals surface area contributed by atoms with Crippen LogP contribution in [0.2, 0.25) is 48.4 Å². The molecule has 0 spiro atoms. The normalized spacial score (nSPS) is 41.8. The van der Waals surface area contributed by atoms with E-state index in [9.17, 15) is 4.79 Å². The molecule has 280 valence electrons. The summed E-state index contributed by atoms with van der Waals surface area (Å²) in [6.45, 7) is 17.2. The Morgan fingerprint density at radius 1 is 0.560 bits per heavy atom. The number of carbonyl (C=O) groups excluding carboxylic acids is 1. The molecule has 0 saturated carbocycles. The summed E-state index contributed by atoms with van der Waals surface area (Å²) in [5.74, 6) is 0.0425. The minimum absolute atomic E-state index is 0.0600. The van der Waals surface area contributed by atoms with Crippen molar-refractivity contribution >= 4 is 82.5 Å². The lowest BCUT2D eigenvalue weighted by Crippen LogP contribution is -2.88. The highest BCUT2D eigenvalue weighted by Gasteiger charge is 2.81. The number of ether oxygens (including phenoxy) is 2. The van der Waals surface area contributed by atoms with Gasteiger partial charge in [-0.15, -0.1) is 0 Å². The minimum atomic E-state index is -3.93. The molecule has 0 aliphatic carbocycles. The van der Waals surface area contributed by atoms with E-state index in [1.807, 2.05) is 60.6 Å². The zero-order valence-electron chi connectivity index (χ0n) is 30.0. The summed E-state index contributed by atoms with van der Waals surface area (Å²) in [7, 11) is -30.0. The van der Waals surface area contributed by atoms with Crippen LogP contribution in [0.4, 0.5) is 0 Å². The second-order valence-corrected chi connectivity index (χ2v) is 38.7. The molecule has 6 fully saturated rings. The number of rotatable bonds is 15. The first-order valence-electron chi connectivity index (χ1n) is 17.7. The Morgan fingerprint density at radius 2 is 0.880 bits per heavy atom. The summed E-state index contributed by atoms with van der Waals surface area (Å²) in [5, 5.41) is 0. The first kappa shape index (κ1) is 39.2. The van der Waals surface area contributed by atoms with Gasteiger partial charge in [-0.25, -0.2) is 4.79 Å². The van der Waals surface area contributed by atoms with Gasteiger partial charge < -0.3 is 58.9 Å². The van der Waals surface area contributed by atoms with Crippen molar-refractivity contribution in [3.05, 3.63) is 36.4 Å². The molecule has 1 aromatic carbocycles. The van der Waals surface area contributed by atoms with E-state index in [2.05, 4.69) is 6.58 Å². The van der Waals surface area contributed by atoms with Gasteiger partial charge in [-0.1, -0.05) is 73.3 Å². The molecule has 0 aromatic heterocycles. The van der Waals surface area contributed by atoms with Crippen LogP contribution in [0.5, 0.6) is 5.75 Å². The van der Waals surface area contributed by atoms with E-state index in [1.54, 1.807) is 18.2 Å². The topological polar surface area (TPSA) is 146 Å². The average Bonchev–Trinajstić information content (AvgIpc) is 3.08. The number of hydrogen-bond donors (Lipinski definition) is 0. The smallest absolute Gasteiger partial charge is 0.479 e. The summed E-state index contributed by atoms with van der Waals surface area (Å²) in [5.41, 5.74) is 0.951. The molecule has 23 heteroatoms. The lowest BCUT2D eigenvalue weighted by Gasteiger charge is -2.63. The van der Waals surface area contributed by atoms with Crippen LogP contribution < -0.4 is 4.74 Å². The predicted molar refractivity (Wildman–Crippen MR) is 195 cm³/mol. The monoisotopic (exact) mass is 838 g/mol. The zero-order valence-corrected chi connectivity index (χ0v) is 38.0. The van der Waals surface area contributed by atoms with Gasteiger partial charge in [-0.2, -0.15) is 0 Å². The molecule has 6 heterocycles. The van der Waals surface area contributed by atoms with Gasteiger partial charge in [-0.05, 0) is 24.1 Å². The van der Waals surface area contributed by atoms with Crippen LogP contribution in [0, 0.1) is 0 Å². The second kappa shape index (κ2) is 14.6. The van der Waals surface area contributed by atoms with Gasteiger partial charge in [0.2, 0.25) is 0 Å². The lowest BCUT2D eigenvalue weighted by molar-refractivity contribution is -0.146. The Bertz CT molecular complexity index is 1290.